The number of fused-ring (bicyclic) bond motifs is 1. The largest absolute Gasteiger partial charge is 0.394 e. The number of urea groups is 1. The van der Waals surface area contributed by atoms with Crippen LogP contribution in [0.1, 0.15) is 17.0 Å². The van der Waals surface area contributed by atoms with Gasteiger partial charge in [0.2, 0.25) is 5.91 Å². The van der Waals surface area contributed by atoms with Crippen LogP contribution >= 0.6 is 0 Å². The molecule has 3 aromatic carbocycles. The molecule has 5 rings (SSSR count). The third-order valence-electron chi connectivity index (χ3n) is 6.82. The number of aliphatic hydroxyl groups is 1. The van der Waals surface area contributed by atoms with Crippen molar-refractivity contribution < 1.29 is 19.1 Å². The zero-order valence-electron chi connectivity index (χ0n) is 18.8. The molecule has 0 bridgehead atoms. The van der Waals surface area contributed by atoms with E-state index >= 15 is 0 Å². The standard InChI is InChI=1S/C27H26FN3O3/c1-17-2-4-18(5-3-17)19-6-8-20(9-7-19)26-23-14-30(15-25(33)31(23)24(26)16-32)27(34)29-22-12-10-21(28)11-13-22/h2-13,23-24,26,32H,14-16H2,1H3,(H,29,34)/t23-,24-,26+/m0/s1. The average molecular weight is 460 g/mol. The molecule has 0 spiro atoms. The number of hydrogen-bond acceptors (Lipinski definition) is 3. The Morgan fingerprint density at radius 1 is 1.00 bits per heavy atom. The van der Waals surface area contributed by atoms with Gasteiger partial charge >= 0.3 is 6.03 Å². The first-order valence-corrected chi connectivity index (χ1v) is 11.3. The average Bonchev–Trinajstić information content (AvgIpc) is 2.83. The Labute approximate surface area is 197 Å². The molecule has 0 unspecified atom stereocenters. The van der Waals surface area contributed by atoms with Gasteiger partial charge in [-0.05, 0) is 47.9 Å². The van der Waals surface area contributed by atoms with Crippen LogP contribution in [0.3, 0.4) is 0 Å². The fraction of sp³-hybridized carbons (Fsp3) is 0.259. The van der Waals surface area contributed by atoms with Crippen molar-refractivity contribution in [1.29, 1.82) is 0 Å². The highest BCUT2D eigenvalue weighted by molar-refractivity contribution is 5.93. The number of aliphatic hydroxyl groups excluding tert-OH is 1. The molecular weight excluding hydrogens is 433 g/mol. The van der Waals surface area contributed by atoms with Crippen molar-refractivity contribution in [2.75, 3.05) is 25.0 Å². The van der Waals surface area contributed by atoms with Gasteiger partial charge in [-0.25, -0.2) is 9.18 Å². The number of benzene rings is 3. The van der Waals surface area contributed by atoms with Crippen LogP contribution in [0.2, 0.25) is 0 Å². The van der Waals surface area contributed by atoms with Gasteiger partial charge in [0, 0.05) is 18.2 Å². The van der Waals surface area contributed by atoms with Crippen molar-refractivity contribution >= 4 is 17.6 Å². The van der Waals surface area contributed by atoms with Crippen LogP contribution in [0.4, 0.5) is 14.9 Å². The summed E-state index contributed by atoms with van der Waals surface area (Å²) in [5, 5.41) is 12.7. The number of piperazine rings is 1. The molecule has 0 aliphatic carbocycles. The number of carbonyl (C=O) groups is 2. The van der Waals surface area contributed by atoms with Crippen molar-refractivity contribution in [2.45, 2.75) is 24.9 Å². The van der Waals surface area contributed by atoms with Gasteiger partial charge in [0.15, 0.2) is 0 Å². The minimum atomic E-state index is -0.402. The van der Waals surface area contributed by atoms with Gasteiger partial charge in [0.25, 0.3) is 0 Å². The highest BCUT2D eigenvalue weighted by Crippen LogP contribution is 2.43. The number of carbonyl (C=O) groups excluding carboxylic acids is 2. The maximum Gasteiger partial charge on any atom is 0.322 e. The molecule has 3 amide bonds. The van der Waals surface area contributed by atoms with Crippen molar-refractivity contribution in [2.24, 2.45) is 0 Å². The monoisotopic (exact) mass is 459 g/mol. The molecule has 34 heavy (non-hydrogen) atoms. The predicted molar refractivity (Wildman–Crippen MR) is 128 cm³/mol. The van der Waals surface area contributed by atoms with E-state index in [0.29, 0.717) is 12.2 Å². The van der Waals surface area contributed by atoms with E-state index in [2.05, 4.69) is 48.6 Å². The van der Waals surface area contributed by atoms with E-state index < -0.39 is 6.03 Å². The molecule has 2 aliphatic heterocycles. The number of rotatable bonds is 4. The lowest BCUT2D eigenvalue weighted by atomic mass is 9.73. The van der Waals surface area contributed by atoms with Crippen molar-refractivity contribution in [1.82, 2.24) is 9.80 Å². The van der Waals surface area contributed by atoms with E-state index in [9.17, 15) is 19.1 Å². The van der Waals surface area contributed by atoms with E-state index in [-0.39, 0.29) is 42.9 Å². The first-order valence-electron chi connectivity index (χ1n) is 11.3. The van der Waals surface area contributed by atoms with Crippen molar-refractivity contribution in [3.05, 3.63) is 89.7 Å². The normalized spacial score (nSPS) is 21.6. The molecule has 0 saturated carbocycles. The SMILES string of the molecule is Cc1ccc(-c2ccc([C@H]3[C@H](CO)N4C(=O)CN(C(=O)Nc5ccc(F)cc5)C[C@@H]34)cc2)cc1. The second-order valence-electron chi connectivity index (χ2n) is 8.95. The lowest BCUT2D eigenvalue weighted by Gasteiger charge is -2.58. The smallest absolute Gasteiger partial charge is 0.322 e. The van der Waals surface area contributed by atoms with Crippen molar-refractivity contribution in [3.63, 3.8) is 0 Å². The summed E-state index contributed by atoms with van der Waals surface area (Å²) in [7, 11) is 0. The summed E-state index contributed by atoms with van der Waals surface area (Å²) in [6.07, 6.45) is 0. The lowest BCUT2D eigenvalue weighted by Crippen LogP contribution is -2.73. The maximum atomic E-state index is 13.2. The van der Waals surface area contributed by atoms with E-state index in [1.54, 1.807) is 4.90 Å². The molecule has 0 aromatic heterocycles. The van der Waals surface area contributed by atoms with E-state index in [1.165, 1.54) is 34.7 Å². The number of nitrogens with zero attached hydrogens (tertiary/aromatic N) is 2. The second-order valence-corrected chi connectivity index (χ2v) is 8.95. The first-order chi connectivity index (χ1) is 16.4. The van der Waals surface area contributed by atoms with Crippen LogP contribution in [0.15, 0.2) is 72.8 Å². The van der Waals surface area contributed by atoms with Gasteiger partial charge in [-0.2, -0.15) is 0 Å². The second kappa shape index (κ2) is 8.91. The summed E-state index contributed by atoms with van der Waals surface area (Å²) in [5.41, 5.74) is 4.93. The lowest BCUT2D eigenvalue weighted by molar-refractivity contribution is -0.159. The van der Waals surface area contributed by atoms with Crippen LogP contribution < -0.4 is 5.32 Å². The van der Waals surface area contributed by atoms with Crippen LogP contribution in [-0.2, 0) is 4.79 Å². The summed E-state index contributed by atoms with van der Waals surface area (Å²) >= 11 is 0. The van der Waals surface area contributed by atoms with Crippen molar-refractivity contribution in [3.8, 4) is 11.1 Å². The molecule has 3 atom stereocenters. The van der Waals surface area contributed by atoms with Crippen LogP contribution in [0, 0.1) is 12.7 Å². The van der Waals surface area contributed by atoms with E-state index in [1.807, 2.05) is 12.1 Å². The number of nitrogens with one attached hydrogen (secondary N) is 1. The van der Waals surface area contributed by atoms with E-state index in [4.69, 9.17) is 0 Å². The third-order valence-corrected chi connectivity index (χ3v) is 6.82. The minimum Gasteiger partial charge on any atom is -0.394 e. The fourth-order valence-corrected chi connectivity index (χ4v) is 5.03. The molecule has 0 radical (unpaired) electrons. The van der Waals surface area contributed by atoms with Gasteiger partial charge in [-0.1, -0.05) is 54.1 Å². The Morgan fingerprint density at radius 2 is 1.62 bits per heavy atom. The van der Waals surface area contributed by atoms with Crippen LogP contribution in [0.25, 0.3) is 11.1 Å². The summed E-state index contributed by atoms with van der Waals surface area (Å²) in [4.78, 5) is 28.8. The molecule has 2 heterocycles. The molecular formula is C27H26FN3O3. The highest BCUT2D eigenvalue weighted by atomic mass is 19.1. The highest BCUT2D eigenvalue weighted by Gasteiger charge is 2.54. The summed E-state index contributed by atoms with van der Waals surface area (Å²) in [6.45, 7) is 2.23. The molecule has 2 fully saturated rings. The Morgan fingerprint density at radius 3 is 2.24 bits per heavy atom. The summed E-state index contributed by atoms with van der Waals surface area (Å²) in [5.74, 6) is -0.637. The number of halogens is 1. The summed E-state index contributed by atoms with van der Waals surface area (Å²) in [6, 6.07) is 21.1. The molecule has 6 nitrogen and oxygen atoms in total. The number of aryl methyl sites for hydroxylation is 1. The van der Waals surface area contributed by atoms with Crippen LogP contribution in [-0.4, -0.2) is 58.6 Å². The topological polar surface area (TPSA) is 72.9 Å². The molecule has 2 N–H and O–H groups in total. The predicted octanol–water partition coefficient (Wildman–Crippen LogP) is 4.00. The zero-order valence-corrected chi connectivity index (χ0v) is 18.8. The van der Waals surface area contributed by atoms with E-state index in [0.717, 1.165) is 16.7 Å². The van der Waals surface area contributed by atoms with Gasteiger partial charge in [-0.15, -0.1) is 0 Å². The fourth-order valence-electron chi connectivity index (χ4n) is 5.03. The third kappa shape index (κ3) is 4.03. The molecule has 3 aromatic rings. The zero-order chi connectivity index (χ0) is 23.8. The van der Waals surface area contributed by atoms with Gasteiger partial charge < -0.3 is 20.2 Å². The van der Waals surface area contributed by atoms with Gasteiger partial charge in [0.05, 0.1) is 18.7 Å². The Hall–Kier alpha value is -3.71. The number of amides is 3. The Kier molecular flexibility index (Phi) is 5.79. The Bertz CT molecular complexity index is 1200. The minimum absolute atomic E-state index is 0.0564. The molecule has 2 saturated heterocycles. The first kappa shape index (κ1) is 22.1. The van der Waals surface area contributed by atoms with Crippen LogP contribution in [0.5, 0.6) is 0 Å². The molecule has 2 aliphatic rings. The summed E-state index contributed by atoms with van der Waals surface area (Å²) < 4.78 is 13.2. The quantitative estimate of drug-likeness (QED) is 0.619. The molecule has 174 valence electrons. The van der Waals surface area contributed by atoms with Gasteiger partial charge in [-0.3, -0.25) is 4.79 Å². The van der Waals surface area contributed by atoms with Gasteiger partial charge in [0.1, 0.15) is 12.4 Å². The maximum absolute atomic E-state index is 13.2. The Balaban J connectivity index is 1.33. The number of anilines is 1. The number of hydrogen-bond donors (Lipinski definition) is 2. The molecule has 7 heteroatoms.